The van der Waals surface area contributed by atoms with Crippen molar-refractivity contribution < 1.29 is 5.11 Å². The van der Waals surface area contributed by atoms with E-state index in [4.69, 9.17) is 5.11 Å². The smallest absolute Gasteiger partial charge is 0.0434 e. The third-order valence-electron chi connectivity index (χ3n) is 5.52. The van der Waals surface area contributed by atoms with Crippen molar-refractivity contribution in [1.82, 2.24) is 4.90 Å². The minimum atomic E-state index is 0.382. The van der Waals surface area contributed by atoms with Gasteiger partial charge >= 0.3 is 0 Å². The van der Waals surface area contributed by atoms with Crippen molar-refractivity contribution >= 4 is 0 Å². The van der Waals surface area contributed by atoms with Gasteiger partial charge in [-0.3, -0.25) is 0 Å². The van der Waals surface area contributed by atoms with Crippen LogP contribution in [0.4, 0.5) is 0 Å². The van der Waals surface area contributed by atoms with Gasteiger partial charge < -0.3 is 10.0 Å². The van der Waals surface area contributed by atoms with E-state index in [0.29, 0.717) is 6.61 Å². The van der Waals surface area contributed by atoms with Crippen LogP contribution in [0.3, 0.4) is 0 Å². The van der Waals surface area contributed by atoms with E-state index in [0.717, 1.165) is 30.1 Å². The van der Waals surface area contributed by atoms with Gasteiger partial charge in [-0.2, -0.15) is 0 Å². The van der Waals surface area contributed by atoms with Gasteiger partial charge in [0.05, 0.1) is 0 Å². The van der Waals surface area contributed by atoms with E-state index in [2.05, 4.69) is 4.90 Å². The van der Waals surface area contributed by atoms with Crippen molar-refractivity contribution in [2.24, 2.45) is 23.7 Å². The second-order valence-electron chi connectivity index (χ2n) is 6.72. The second-order valence-corrected chi connectivity index (χ2v) is 6.72. The molecule has 3 fully saturated rings. The minimum absolute atomic E-state index is 0.382. The number of likely N-dealkylation sites (tertiary alicyclic amines) is 1. The molecule has 0 aromatic rings. The Labute approximate surface area is 105 Å². The van der Waals surface area contributed by atoms with Crippen molar-refractivity contribution in [3.8, 4) is 0 Å². The summed E-state index contributed by atoms with van der Waals surface area (Å²) in [6, 6.07) is 0. The average Bonchev–Trinajstić information content (AvgIpc) is 2.92. The lowest BCUT2D eigenvalue weighted by molar-refractivity contribution is 0.117. The molecule has 2 aliphatic carbocycles. The molecular weight excluding hydrogens is 210 g/mol. The number of aliphatic hydroxyl groups is 1. The number of hydrogen-bond donors (Lipinski definition) is 1. The molecule has 3 aliphatic rings. The van der Waals surface area contributed by atoms with Crippen molar-refractivity contribution in [2.75, 3.05) is 26.2 Å². The van der Waals surface area contributed by atoms with Crippen LogP contribution in [-0.4, -0.2) is 36.2 Å². The molecule has 1 N–H and O–H groups in total. The van der Waals surface area contributed by atoms with Gasteiger partial charge in [0.15, 0.2) is 0 Å². The van der Waals surface area contributed by atoms with Crippen LogP contribution in [0.5, 0.6) is 0 Å². The van der Waals surface area contributed by atoms with Gasteiger partial charge in [0.1, 0.15) is 0 Å². The van der Waals surface area contributed by atoms with Crippen LogP contribution in [0.1, 0.15) is 44.9 Å². The summed E-state index contributed by atoms with van der Waals surface area (Å²) in [5.74, 6) is 3.94. The first-order valence-electron chi connectivity index (χ1n) is 7.68. The number of aliphatic hydroxyl groups excluding tert-OH is 1. The van der Waals surface area contributed by atoms with Crippen LogP contribution in [0, 0.1) is 23.7 Å². The molecule has 17 heavy (non-hydrogen) atoms. The van der Waals surface area contributed by atoms with E-state index in [1.807, 2.05) is 0 Å². The quantitative estimate of drug-likeness (QED) is 0.812. The monoisotopic (exact) mass is 237 g/mol. The second kappa shape index (κ2) is 5.27. The van der Waals surface area contributed by atoms with E-state index in [1.54, 1.807) is 6.42 Å². The summed E-state index contributed by atoms with van der Waals surface area (Å²) in [7, 11) is 0. The molecule has 2 saturated carbocycles. The Bertz CT molecular complexity index is 253. The average molecular weight is 237 g/mol. The molecule has 98 valence electrons. The molecule has 2 nitrogen and oxygen atoms in total. The van der Waals surface area contributed by atoms with Gasteiger partial charge in [0.25, 0.3) is 0 Å². The van der Waals surface area contributed by atoms with Crippen molar-refractivity contribution in [2.45, 2.75) is 44.9 Å². The van der Waals surface area contributed by atoms with Crippen LogP contribution in [0.25, 0.3) is 0 Å². The zero-order valence-corrected chi connectivity index (χ0v) is 11.0. The molecule has 1 saturated heterocycles. The van der Waals surface area contributed by atoms with Gasteiger partial charge in [-0.05, 0) is 68.7 Å². The predicted molar refractivity (Wildman–Crippen MR) is 69.8 cm³/mol. The molecule has 0 amide bonds. The SMILES string of the molecule is OCCC1CCCN(CC2CC3CCC2C3)C1. The lowest BCUT2D eigenvalue weighted by atomic mass is 9.87. The van der Waals surface area contributed by atoms with Crippen LogP contribution >= 0.6 is 0 Å². The Morgan fingerprint density at radius 2 is 2.06 bits per heavy atom. The predicted octanol–water partition coefficient (Wildman–Crippen LogP) is 2.52. The zero-order chi connectivity index (χ0) is 11.7. The van der Waals surface area contributed by atoms with Gasteiger partial charge in [0, 0.05) is 19.7 Å². The molecular formula is C15H27NO. The van der Waals surface area contributed by atoms with Gasteiger partial charge in [-0.1, -0.05) is 6.42 Å². The maximum Gasteiger partial charge on any atom is 0.0434 e. The summed E-state index contributed by atoms with van der Waals surface area (Å²) >= 11 is 0. The standard InChI is InChI=1S/C15H27NO/c17-7-5-12-2-1-6-16(10-12)11-15-9-13-3-4-14(15)8-13/h12-15,17H,1-11H2. The Morgan fingerprint density at radius 1 is 1.12 bits per heavy atom. The van der Waals surface area contributed by atoms with E-state index in [9.17, 15) is 0 Å². The van der Waals surface area contributed by atoms with Gasteiger partial charge in [-0.15, -0.1) is 0 Å². The Hall–Kier alpha value is -0.0800. The third-order valence-corrected chi connectivity index (χ3v) is 5.52. The Balaban J connectivity index is 1.48. The van der Waals surface area contributed by atoms with Crippen molar-refractivity contribution in [3.05, 3.63) is 0 Å². The fourth-order valence-electron chi connectivity index (χ4n) is 4.67. The van der Waals surface area contributed by atoms with Gasteiger partial charge in [-0.25, -0.2) is 0 Å². The van der Waals surface area contributed by atoms with E-state index < -0.39 is 0 Å². The fourth-order valence-corrected chi connectivity index (χ4v) is 4.67. The maximum absolute atomic E-state index is 9.06. The molecule has 4 unspecified atom stereocenters. The number of nitrogens with zero attached hydrogens (tertiary/aromatic N) is 1. The number of hydrogen-bond acceptors (Lipinski definition) is 2. The summed E-state index contributed by atoms with van der Waals surface area (Å²) in [4.78, 5) is 2.70. The summed E-state index contributed by atoms with van der Waals surface area (Å²) in [5, 5.41) is 9.06. The highest BCUT2D eigenvalue weighted by Gasteiger charge is 2.40. The van der Waals surface area contributed by atoms with E-state index >= 15 is 0 Å². The maximum atomic E-state index is 9.06. The fraction of sp³-hybridized carbons (Fsp3) is 1.00. The van der Waals surface area contributed by atoms with Gasteiger partial charge in [0.2, 0.25) is 0 Å². The Morgan fingerprint density at radius 3 is 2.76 bits per heavy atom. The van der Waals surface area contributed by atoms with Crippen LogP contribution in [0.15, 0.2) is 0 Å². The molecule has 4 atom stereocenters. The van der Waals surface area contributed by atoms with Crippen molar-refractivity contribution in [1.29, 1.82) is 0 Å². The molecule has 0 aromatic carbocycles. The number of rotatable bonds is 4. The summed E-state index contributed by atoms with van der Waals surface area (Å²) in [6.07, 6.45) is 9.81. The normalized spacial score (nSPS) is 42.2. The zero-order valence-electron chi connectivity index (χ0n) is 11.0. The van der Waals surface area contributed by atoms with E-state index in [-0.39, 0.29) is 0 Å². The highest BCUT2D eigenvalue weighted by atomic mass is 16.3. The lowest BCUT2D eigenvalue weighted by Crippen LogP contribution is -2.39. The summed E-state index contributed by atoms with van der Waals surface area (Å²) < 4.78 is 0. The Kier molecular flexibility index (Phi) is 3.72. The topological polar surface area (TPSA) is 23.5 Å². The molecule has 3 rings (SSSR count). The largest absolute Gasteiger partial charge is 0.396 e. The molecule has 0 spiro atoms. The van der Waals surface area contributed by atoms with Crippen LogP contribution in [0.2, 0.25) is 0 Å². The van der Waals surface area contributed by atoms with Crippen LogP contribution in [-0.2, 0) is 0 Å². The molecule has 0 radical (unpaired) electrons. The molecule has 1 aliphatic heterocycles. The molecule has 0 aromatic heterocycles. The first-order chi connectivity index (χ1) is 8.35. The highest BCUT2D eigenvalue weighted by Crippen LogP contribution is 2.48. The highest BCUT2D eigenvalue weighted by molar-refractivity contribution is 4.91. The first kappa shape index (κ1) is 12.0. The number of piperidine rings is 1. The van der Waals surface area contributed by atoms with Crippen LogP contribution < -0.4 is 0 Å². The van der Waals surface area contributed by atoms with Crippen molar-refractivity contribution in [3.63, 3.8) is 0 Å². The minimum Gasteiger partial charge on any atom is -0.396 e. The summed E-state index contributed by atoms with van der Waals surface area (Å²) in [6.45, 7) is 4.32. The molecule has 1 heterocycles. The lowest BCUT2D eigenvalue weighted by Gasteiger charge is -2.36. The first-order valence-corrected chi connectivity index (χ1v) is 7.68. The third kappa shape index (κ3) is 2.68. The molecule has 2 bridgehead atoms. The van der Waals surface area contributed by atoms with E-state index in [1.165, 1.54) is 51.7 Å². The number of fused-ring (bicyclic) bond motifs is 2. The summed E-state index contributed by atoms with van der Waals surface area (Å²) in [5.41, 5.74) is 0. The molecule has 2 heteroatoms.